The minimum absolute atomic E-state index is 0.0606. The average Bonchev–Trinajstić information content (AvgIpc) is 3.38. The second-order valence-electron chi connectivity index (χ2n) is 22.8. The van der Waals surface area contributed by atoms with Crippen LogP contribution in [0.4, 0.5) is 0 Å². The van der Waals surface area contributed by atoms with Gasteiger partial charge < -0.3 is 14.2 Å². The molecule has 6 heteroatoms. The molecule has 0 aromatic carbocycles. The van der Waals surface area contributed by atoms with Gasteiger partial charge in [0, 0.05) is 19.3 Å². The fourth-order valence-corrected chi connectivity index (χ4v) is 10.4. The lowest BCUT2D eigenvalue weighted by Gasteiger charge is -2.18. The van der Waals surface area contributed by atoms with Crippen molar-refractivity contribution in [1.82, 2.24) is 0 Å². The molecule has 72 heavy (non-hydrogen) atoms. The third-order valence-electron chi connectivity index (χ3n) is 15.4. The summed E-state index contributed by atoms with van der Waals surface area (Å²) in [7, 11) is 0. The summed E-state index contributed by atoms with van der Waals surface area (Å²) in [5.41, 5.74) is 0. The molecule has 1 unspecified atom stereocenters. The number of carbonyl (C=O) groups excluding carboxylic acids is 3. The van der Waals surface area contributed by atoms with E-state index in [1.54, 1.807) is 0 Å². The Morgan fingerprint density at radius 3 is 0.556 bits per heavy atom. The first kappa shape index (κ1) is 70.4. The highest BCUT2D eigenvalue weighted by Crippen LogP contribution is 2.19. The summed E-state index contributed by atoms with van der Waals surface area (Å²) >= 11 is 0. The molecule has 428 valence electrons. The highest BCUT2D eigenvalue weighted by molar-refractivity contribution is 5.71. The van der Waals surface area contributed by atoms with Gasteiger partial charge in [-0.1, -0.05) is 348 Å². The maximum absolute atomic E-state index is 12.9. The lowest BCUT2D eigenvalue weighted by Crippen LogP contribution is -2.30. The predicted octanol–water partition coefficient (Wildman–Crippen LogP) is 22.3. The summed E-state index contributed by atoms with van der Waals surface area (Å²) in [5.74, 6) is -0.826. The quantitative estimate of drug-likeness (QED) is 0.0343. The zero-order chi connectivity index (χ0) is 52.2. The van der Waals surface area contributed by atoms with E-state index in [1.165, 1.54) is 289 Å². The average molecular weight is 1020 g/mol. The first-order chi connectivity index (χ1) is 35.5. The molecule has 0 saturated carbocycles. The predicted molar refractivity (Wildman–Crippen MR) is 312 cm³/mol. The number of hydrogen-bond donors (Lipinski definition) is 0. The molecule has 0 aromatic rings. The number of ether oxygens (including phenoxy) is 3. The molecule has 0 heterocycles. The van der Waals surface area contributed by atoms with E-state index in [2.05, 4.69) is 20.8 Å². The van der Waals surface area contributed by atoms with Crippen molar-refractivity contribution in [2.24, 2.45) is 0 Å². The van der Waals surface area contributed by atoms with Gasteiger partial charge in [-0.05, 0) is 19.3 Å². The lowest BCUT2D eigenvalue weighted by atomic mass is 10.0. The van der Waals surface area contributed by atoms with Gasteiger partial charge in [0.2, 0.25) is 0 Å². The Morgan fingerprint density at radius 2 is 0.375 bits per heavy atom. The van der Waals surface area contributed by atoms with Gasteiger partial charge in [0.1, 0.15) is 13.2 Å². The summed E-state index contributed by atoms with van der Waals surface area (Å²) < 4.78 is 16.9. The summed E-state index contributed by atoms with van der Waals surface area (Å²) in [6.45, 7) is 6.73. The molecule has 0 aliphatic heterocycles. The Morgan fingerprint density at radius 1 is 0.222 bits per heavy atom. The molecule has 0 spiro atoms. The smallest absolute Gasteiger partial charge is 0.306 e. The minimum Gasteiger partial charge on any atom is -0.462 e. The second kappa shape index (κ2) is 62.0. The summed E-state index contributed by atoms with van der Waals surface area (Å²) in [4.78, 5) is 38.3. The van der Waals surface area contributed by atoms with Crippen molar-refractivity contribution in [2.45, 2.75) is 393 Å². The van der Waals surface area contributed by atoms with Crippen LogP contribution < -0.4 is 0 Å². The van der Waals surface area contributed by atoms with Gasteiger partial charge in [-0.3, -0.25) is 14.4 Å². The maximum atomic E-state index is 12.9. The molecule has 0 aromatic heterocycles. The molecule has 0 N–H and O–H groups in total. The van der Waals surface area contributed by atoms with E-state index < -0.39 is 6.10 Å². The van der Waals surface area contributed by atoms with Crippen molar-refractivity contribution in [1.29, 1.82) is 0 Å². The molecule has 0 radical (unpaired) electrons. The fourth-order valence-electron chi connectivity index (χ4n) is 10.4. The maximum Gasteiger partial charge on any atom is 0.306 e. The van der Waals surface area contributed by atoms with Crippen molar-refractivity contribution in [2.75, 3.05) is 13.2 Å². The summed E-state index contributed by atoms with van der Waals surface area (Å²) in [5, 5.41) is 0. The number of esters is 3. The van der Waals surface area contributed by atoms with Gasteiger partial charge >= 0.3 is 17.9 Å². The normalized spacial score (nSPS) is 11.9. The largest absolute Gasteiger partial charge is 0.462 e. The van der Waals surface area contributed by atoms with E-state index in [1.807, 2.05) is 0 Å². The van der Waals surface area contributed by atoms with Gasteiger partial charge in [0.05, 0.1) is 0 Å². The monoisotopic (exact) mass is 1020 g/mol. The van der Waals surface area contributed by atoms with Crippen LogP contribution >= 0.6 is 0 Å². The van der Waals surface area contributed by atoms with Gasteiger partial charge in [0.15, 0.2) is 6.10 Å². The minimum atomic E-state index is -0.762. The third kappa shape index (κ3) is 59.3. The van der Waals surface area contributed by atoms with Crippen LogP contribution in [0, 0.1) is 0 Å². The van der Waals surface area contributed by atoms with Crippen molar-refractivity contribution in [3.8, 4) is 0 Å². The fraction of sp³-hybridized carbons (Fsp3) is 0.955. The highest BCUT2D eigenvalue weighted by Gasteiger charge is 2.19. The van der Waals surface area contributed by atoms with Crippen LogP contribution in [-0.2, 0) is 28.6 Å². The summed E-state index contributed by atoms with van der Waals surface area (Å²) in [6, 6.07) is 0. The zero-order valence-corrected chi connectivity index (χ0v) is 49.2. The van der Waals surface area contributed by atoms with Gasteiger partial charge in [0.25, 0.3) is 0 Å². The van der Waals surface area contributed by atoms with E-state index in [4.69, 9.17) is 14.2 Å². The molecule has 0 rings (SSSR count). The number of unbranched alkanes of at least 4 members (excludes halogenated alkanes) is 51. The highest BCUT2D eigenvalue weighted by atomic mass is 16.6. The SMILES string of the molecule is CCCCCCCCCCCCCCCCCCCCCCCCCCCC(=O)OCC(COC(=O)CCCCCCCCCCCCCC)OC(=O)CCCCCCCCCCCCCCCCCCC. The Hall–Kier alpha value is -1.59. The molecular formula is C66H128O6. The van der Waals surface area contributed by atoms with Crippen LogP contribution in [0.25, 0.3) is 0 Å². The Kier molecular flexibility index (Phi) is 60.6. The molecule has 0 aliphatic carbocycles. The zero-order valence-electron chi connectivity index (χ0n) is 49.2. The Balaban J connectivity index is 4.17. The van der Waals surface area contributed by atoms with Crippen molar-refractivity contribution < 1.29 is 28.6 Å². The van der Waals surface area contributed by atoms with E-state index in [-0.39, 0.29) is 31.1 Å². The van der Waals surface area contributed by atoms with Crippen molar-refractivity contribution in [3.05, 3.63) is 0 Å². The number of carbonyl (C=O) groups is 3. The molecular weight excluding hydrogens is 889 g/mol. The van der Waals surface area contributed by atoms with Crippen LogP contribution in [0.1, 0.15) is 387 Å². The molecule has 0 bridgehead atoms. The van der Waals surface area contributed by atoms with E-state index in [0.717, 1.165) is 57.8 Å². The summed E-state index contributed by atoms with van der Waals surface area (Å²) in [6.07, 6.45) is 71.2. The van der Waals surface area contributed by atoms with Crippen LogP contribution in [0.15, 0.2) is 0 Å². The first-order valence-corrected chi connectivity index (χ1v) is 33.0. The van der Waals surface area contributed by atoms with Crippen LogP contribution in [0.2, 0.25) is 0 Å². The van der Waals surface area contributed by atoms with Crippen molar-refractivity contribution >= 4 is 17.9 Å². The van der Waals surface area contributed by atoms with E-state index in [0.29, 0.717) is 19.3 Å². The van der Waals surface area contributed by atoms with E-state index >= 15 is 0 Å². The first-order valence-electron chi connectivity index (χ1n) is 33.0. The van der Waals surface area contributed by atoms with Gasteiger partial charge in [-0.25, -0.2) is 0 Å². The van der Waals surface area contributed by atoms with Crippen LogP contribution in [-0.4, -0.2) is 37.2 Å². The molecule has 0 saturated heterocycles. The van der Waals surface area contributed by atoms with Crippen LogP contribution in [0.3, 0.4) is 0 Å². The Bertz CT molecular complexity index is 1080. The third-order valence-corrected chi connectivity index (χ3v) is 15.4. The standard InChI is InChI=1S/C66H128O6/c1-4-7-10-13-16-19-22-25-27-29-30-31-32-33-34-35-36-38-39-41-44-47-50-53-56-59-65(68)71-62-63(61-70-64(67)58-55-52-49-46-43-24-21-18-15-12-9-6-3)72-66(69)60-57-54-51-48-45-42-40-37-28-26-23-20-17-14-11-8-5-2/h63H,4-62H2,1-3H3. The molecule has 1 atom stereocenters. The van der Waals surface area contributed by atoms with Crippen LogP contribution in [0.5, 0.6) is 0 Å². The number of rotatable bonds is 62. The molecule has 0 aliphatic rings. The topological polar surface area (TPSA) is 78.9 Å². The second-order valence-corrected chi connectivity index (χ2v) is 22.8. The van der Waals surface area contributed by atoms with Gasteiger partial charge in [-0.15, -0.1) is 0 Å². The molecule has 6 nitrogen and oxygen atoms in total. The van der Waals surface area contributed by atoms with E-state index in [9.17, 15) is 14.4 Å². The van der Waals surface area contributed by atoms with Gasteiger partial charge in [-0.2, -0.15) is 0 Å². The Labute approximate surface area is 450 Å². The molecule has 0 amide bonds. The molecule has 0 fully saturated rings. The van der Waals surface area contributed by atoms with Crippen molar-refractivity contribution in [3.63, 3.8) is 0 Å². The number of hydrogen-bond acceptors (Lipinski definition) is 6. The lowest BCUT2D eigenvalue weighted by molar-refractivity contribution is -0.167.